The van der Waals surface area contributed by atoms with Gasteiger partial charge in [0.15, 0.2) is 0 Å². The maximum atomic E-state index is 11.9. The molecule has 0 saturated carbocycles. The third-order valence-corrected chi connectivity index (χ3v) is 3.38. The minimum absolute atomic E-state index is 0.0151. The predicted octanol–water partition coefficient (Wildman–Crippen LogP) is 3.64. The number of halogens is 1. The lowest BCUT2D eigenvalue weighted by Crippen LogP contribution is -2.26. The number of nitrogens with zero attached hydrogens (tertiary/aromatic N) is 2. The first-order valence-electron chi connectivity index (χ1n) is 6.48. The summed E-state index contributed by atoms with van der Waals surface area (Å²) in [7, 11) is 1.68. The van der Waals surface area contributed by atoms with Gasteiger partial charge in [0.25, 0.3) is 5.69 Å². The Balaban J connectivity index is 2.74. The third kappa shape index (κ3) is 4.81. The molecule has 1 aromatic carbocycles. The van der Waals surface area contributed by atoms with E-state index in [1.165, 1.54) is 18.2 Å². The summed E-state index contributed by atoms with van der Waals surface area (Å²) in [6, 6.07) is 4.25. The van der Waals surface area contributed by atoms with Gasteiger partial charge < -0.3 is 4.90 Å². The van der Waals surface area contributed by atoms with Gasteiger partial charge in [-0.25, -0.2) is 0 Å². The molecule has 0 spiro atoms. The second kappa shape index (κ2) is 7.24. The summed E-state index contributed by atoms with van der Waals surface area (Å²) in [5.74, 6) is 0.482. The Morgan fingerprint density at radius 1 is 1.45 bits per heavy atom. The second-order valence-corrected chi connectivity index (χ2v) is 5.62. The Kier molecular flexibility index (Phi) is 5.95. The van der Waals surface area contributed by atoms with Crippen LogP contribution >= 0.6 is 11.6 Å². The molecule has 6 heteroatoms. The molecule has 1 rings (SSSR count). The molecule has 0 atom stereocenters. The van der Waals surface area contributed by atoms with Crippen LogP contribution in [0.15, 0.2) is 18.2 Å². The van der Waals surface area contributed by atoms with Crippen molar-refractivity contribution < 1.29 is 9.72 Å². The maximum absolute atomic E-state index is 11.9. The molecule has 110 valence electrons. The van der Waals surface area contributed by atoms with Crippen molar-refractivity contribution in [3.63, 3.8) is 0 Å². The molecular formula is C14H19ClN2O3. The van der Waals surface area contributed by atoms with Crippen LogP contribution in [-0.4, -0.2) is 22.8 Å². The van der Waals surface area contributed by atoms with Crippen LogP contribution < -0.4 is 0 Å². The molecule has 0 saturated heterocycles. The largest absolute Gasteiger partial charge is 0.341 e. The first kappa shape index (κ1) is 16.4. The summed E-state index contributed by atoms with van der Waals surface area (Å²) in [6.45, 7) is 4.40. The highest BCUT2D eigenvalue weighted by molar-refractivity contribution is 6.31. The molecule has 5 nitrogen and oxygen atoms in total. The molecule has 1 aromatic rings. The van der Waals surface area contributed by atoms with Crippen molar-refractivity contribution in [1.82, 2.24) is 4.90 Å². The quantitative estimate of drug-likeness (QED) is 0.595. The van der Waals surface area contributed by atoms with Crippen molar-refractivity contribution in [2.75, 3.05) is 7.05 Å². The lowest BCUT2D eigenvalue weighted by molar-refractivity contribution is -0.384. The minimum atomic E-state index is -0.472. The van der Waals surface area contributed by atoms with Crippen molar-refractivity contribution in [3.8, 4) is 0 Å². The summed E-state index contributed by atoms with van der Waals surface area (Å²) in [6.07, 6.45) is 1.30. The summed E-state index contributed by atoms with van der Waals surface area (Å²) in [5, 5.41) is 11.2. The molecule has 0 fully saturated rings. The van der Waals surface area contributed by atoms with Gasteiger partial charge in [-0.05, 0) is 24.0 Å². The topological polar surface area (TPSA) is 63.5 Å². The van der Waals surface area contributed by atoms with Crippen LogP contribution in [0.5, 0.6) is 0 Å². The Hall–Kier alpha value is -1.62. The van der Waals surface area contributed by atoms with Gasteiger partial charge in [0.2, 0.25) is 5.91 Å². The number of hydrogen-bond donors (Lipinski definition) is 0. The molecule has 0 aliphatic carbocycles. The van der Waals surface area contributed by atoms with Crippen LogP contribution in [0.25, 0.3) is 0 Å². The Morgan fingerprint density at radius 2 is 2.10 bits per heavy atom. The molecule has 0 aromatic heterocycles. The fourth-order valence-electron chi connectivity index (χ4n) is 1.74. The SMILES string of the molecule is CC(C)CCC(=O)N(C)Cc1cc([N+](=O)[O-])ccc1Cl. The summed E-state index contributed by atoms with van der Waals surface area (Å²) < 4.78 is 0. The highest BCUT2D eigenvalue weighted by atomic mass is 35.5. The van der Waals surface area contributed by atoms with E-state index in [0.29, 0.717) is 22.9 Å². The maximum Gasteiger partial charge on any atom is 0.269 e. The van der Waals surface area contributed by atoms with E-state index < -0.39 is 4.92 Å². The number of amides is 1. The molecular weight excluding hydrogens is 280 g/mol. The van der Waals surface area contributed by atoms with Gasteiger partial charge in [0.05, 0.1) is 4.92 Å². The van der Waals surface area contributed by atoms with Crippen LogP contribution in [0.4, 0.5) is 5.69 Å². The standard InChI is InChI=1S/C14H19ClN2O3/c1-10(2)4-7-14(18)16(3)9-11-8-12(17(19)20)5-6-13(11)15/h5-6,8,10H,4,7,9H2,1-3H3. The highest BCUT2D eigenvalue weighted by Gasteiger charge is 2.14. The molecule has 0 heterocycles. The van der Waals surface area contributed by atoms with E-state index in [1.54, 1.807) is 11.9 Å². The van der Waals surface area contributed by atoms with Gasteiger partial charge in [-0.2, -0.15) is 0 Å². The number of carbonyl (C=O) groups excluding carboxylic acids is 1. The lowest BCUT2D eigenvalue weighted by Gasteiger charge is -2.18. The normalized spacial score (nSPS) is 10.7. The highest BCUT2D eigenvalue weighted by Crippen LogP contribution is 2.23. The number of hydrogen-bond acceptors (Lipinski definition) is 3. The third-order valence-electron chi connectivity index (χ3n) is 3.01. The first-order valence-corrected chi connectivity index (χ1v) is 6.85. The average Bonchev–Trinajstić information content (AvgIpc) is 2.37. The summed E-state index contributed by atoms with van der Waals surface area (Å²) in [4.78, 5) is 23.8. The zero-order valence-corrected chi connectivity index (χ0v) is 12.7. The zero-order chi connectivity index (χ0) is 15.3. The van der Waals surface area contributed by atoms with Crippen molar-refractivity contribution in [3.05, 3.63) is 38.9 Å². The van der Waals surface area contributed by atoms with Gasteiger partial charge in [0, 0.05) is 37.2 Å². The van der Waals surface area contributed by atoms with Gasteiger partial charge in [0.1, 0.15) is 0 Å². The van der Waals surface area contributed by atoms with Gasteiger partial charge in [-0.3, -0.25) is 14.9 Å². The number of nitro benzene ring substituents is 1. The molecule has 0 N–H and O–H groups in total. The van der Waals surface area contributed by atoms with Gasteiger partial charge in [-0.15, -0.1) is 0 Å². The molecule has 0 bridgehead atoms. The zero-order valence-electron chi connectivity index (χ0n) is 11.9. The molecule has 0 aliphatic heterocycles. The lowest BCUT2D eigenvalue weighted by atomic mass is 10.1. The van der Waals surface area contributed by atoms with Gasteiger partial charge >= 0.3 is 0 Å². The van der Waals surface area contributed by atoms with Crippen LogP contribution in [-0.2, 0) is 11.3 Å². The van der Waals surface area contributed by atoms with E-state index in [2.05, 4.69) is 13.8 Å². The van der Waals surface area contributed by atoms with E-state index in [1.807, 2.05) is 0 Å². The van der Waals surface area contributed by atoms with E-state index in [4.69, 9.17) is 11.6 Å². The van der Waals surface area contributed by atoms with Crippen LogP contribution in [0.2, 0.25) is 5.02 Å². The average molecular weight is 299 g/mol. The first-order chi connectivity index (χ1) is 9.31. The molecule has 0 aliphatic rings. The smallest absolute Gasteiger partial charge is 0.269 e. The number of non-ortho nitro benzene ring substituents is 1. The van der Waals surface area contributed by atoms with Crippen LogP contribution in [0.1, 0.15) is 32.3 Å². The van der Waals surface area contributed by atoms with Crippen LogP contribution in [0.3, 0.4) is 0 Å². The van der Waals surface area contributed by atoms with Crippen molar-refractivity contribution in [2.45, 2.75) is 33.2 Å². The predicted molar refractivity (Wildman–Crippen MR) is 78.7 cm³/mol. The van der Waals surface area contributed by atoms with E-state index in [9.17, 15) is 14.9 Å². The fourth-order valence-corrected chi connectivity index (χ4v) is 1.92. The number of carbonyl (C=O) groups is 1. The fraction of sp³-hybridized carbons (Fsp3) is 0.500. The second-order valence-electron chi connectivity index (χ2n) is 5.22. The van der Waals surface area contributed by atoms with Crippen molar-refractivity contribution in [2.24, 2.45) is 5.92 Å². The Labute approximate surface area is 123 Å². The Morgan fingerprint density at radius 3 is 2.65 bits per heavy atom. The Bertz CT molecular complexity index is 503. The monoisotopic (exact) mass is 298 g/mol. The number of benzene rings is 1. The summed E-state index contributed by atoms with van der Waals surface area (Å²) in [5.41, 5.74) is 0.564. The van der Waals surface area contributed by atoms with Crippen molar-refractivity contribution in [1.29, 1.82) is 0 Å². The summed E-state index contributed by atoms with van der Waals surface area (Å²) >= 11 is 6.02. The van der Waals surface area contributed by atoms with E-state index >= 15 is 0 Å². The minimum Gasteiger partial charge on any atom is -0.341 e. The van der Waals surface area contributed by atoms with Gasteiger partial charge in [-0.1, -0.05) is 25.4 Å². The van der Waals surface area contributed by atoms with E-state index in [0.717, 1.165) is 6.42 Å². The molecule has 0 unspecified atom stereocenters. The number of rotatable bonds is 6. The molecule has 0 radical (unpaired) electrons. The van der Waals surface area contributed by atoms with Crippen LogP contribution in [0, 0.1) is 16.0 Å². The van der Waals surface area contributed by atoms with Crippen molar-refractivity contribution >= 4 is 23.2 Å². The molecule has 20 heavy (non-hydrogen) atoms. The molecule has 1 amide bonds. The number of nitro groups is 1. The van der Waals surface area contributed by atoms with E-state index in [-0.39, 0.29) is 18.1 Å².